The lowest BCUT2D eigenvalue weighted by molar-refractivity contribution is -0.167. The third-order valence-corrected chi connectivity index (χ3v) is 10.9. The quantitative estimate of drug-likeness (QED) is 0.0262. The van der Waals surface area contributed by atoms with Gasteiger partial charge in [-0.2, -0.15) is 0 Å². The summed E-state index contributed by atoms with van der Waals surface area (Å²) < 4.78 is 16.7. The van der Waals surface area contributed by atoms with E-state index in [1.165, 1.54) is 32.1 Å². The maximum absolute atomic E-state index is 12.8. The second-order valence-electron chi connectivity index (χ2n) is 17.4. The highest BCUT2D eigenvalue weighted by molar-refractivity contribution is 5.71. The lowest BCUT2D eigenvalue weighted by Gasteiger charge is -2.18. The van der Waals surface area contributed by atoms with Gasteiger partial charge in [0.25, 0.3) is 0 Å². The number of rotatable bonds is 47. The lowest BCUT2D eigenvalue weighted by Crippen LogP contribution is -2.30. The molecule has 0 rings (SSSR count). The molecule has 0 aromatic heterocycles. The van der Waals surface area contributed by atoms with Crippen LogP contribution in [-0.4, -0.2) is 37.2 Å². The molecule has 0 aliphatic heterocycles. The van der Waals surface area contributed by atoms with Gasteiger partial charge in [0, 0.05) is 19.3 Å². The number of allylic oxidation sites excluding steroid dienone is 22. The largest absolute Gasteiger partial charge is 0.462 e. The predicted molar refractivity (Wildman–Crippen MR) is 292 cm³/mol. The highest BCUT2D eigenvalue weighted by atomic mass is 16.6. The topological polar surface area (TPSA) is 78.9 Å². The van der Waals surface area contributed by atoms with Gasteiger partial charge < -0.3 is 14.2 Å². The van der Waals surface area contributed by atoms with E-state index in [0.29, 0.717) is 12.8 Å². The Morgan fingerprint density at radius 1 is 0.309 bits per heavy atom. The summed E-state index contributed by atoms with van der Waals surface area (Å²) in [5, 5.41) is 0. The molecule has 6 heteroatoms. The molecule has 0 saturated heterocycles. The van der Waals surface area contributed by atoms with Crippen LogP contribution >= 0.6 is 0 Å². The third kappa shape index (κ3) is 52.5. The van der Waals surface area contributed by atoms with Gasteiger partial charge >= 0.3 is 17.9 Å². The van der Waals surface area contributed by atoms with Crippen molar-refractivity contribution in [3.63, 3.8) is 0 Å². The Bertz CT molecular complexity index is 1500. The number of carbonyl (C=O) groups excluding carboxylic acids is 3. The van der Waals surface area contributed by atoms with E-state index in [2.05, 4.69) is 154 Å². The molecule has 0 aromatic carbocycles. The fraction of sp³-hybridized carbons (Fsp3) is 0.597. The molecule has 68 heavy (non-hydrogen) atoms. The summed E-state index contributed by atoms with van der Waals surface area (Å²) >= 11 is 0. The average Bonchev–Trinajstić information content (AvgIpc) is 3.34. The SMILES string of the molecule is CC/C=C\C/C=C\C/C=C\C/C=C\C/C=C\C/C=C\CCCCCCCCC(=O)OCC(COC(=O)CCCCCCCC)OC(=O)CCCCC/C=C\C/C=C\C/C=C\C/C=C\C/C=C\CC. The van der Waals surface area contributed by atoms with Crippen LogP contribution in [0.1, 0.15) is 220 Å². The Morgan fingerprint density at radius 2 is 0.574 bits per heavy atom. The summed E-state index contributed by atoms with van der Waals surface area (Å²) in [6.07, 6.45) is 77.5. The van der Waals surface area contributed by atoms with E-state index in [1.54, 1.807) is 0 Å². The van der Waals surface area contributed by atoms with Gasteiger partial charge in [-0.15, -0.1) is 0 Å². The number of esters is 3. The number of hydrogen-bond donors (Lipinski definition) is 0. The van der Waals surface area contributed by atoms with Crippen LogP contribution in [0.25, 0.3) is 0 Å². The summed E-state index contributed by atoms with van der Waals surface area (Å²) in [5.74, 6) is -0.967. The van der Waals surface area contributed by atoms with Crippen molar-refractivity contribution >= 4 is 17.9 Å². The summed E-state index contributed by atoms with van der Waals surface area (Å²) in [6.45, 7) is 6.29. The molecule has 0 aromatic rings. The van der Waals surface area contributed by atoms with E-state index in [-0.39, 0.29) is 37.5 Å². The minimum Gasteiger partial charge on any atom is -0.462 e. The van der Waals surface area contributed by atoms with Crippen molar-refractivity contribution in [2.45, 2.75) is 226 Å². The van der Waals surface area contributed by atoms with Gasteiger partial charge in [-0.25, -0.2) is 0 Å². The molecule has 382 valence electrons. The molecule has 0 saturated carbocycles. The van der Waals surface area contributed by atoms with E-state index < -0.39 is 6.10 Å². The second kappa shape index (κ2) is 55.1. The van der Waals surface area contributed by atoms with Crippen molar-refractivity contribution in [3.8, 4) is 0 Å². The maximum atomic E-state index is 12.8. The van der Waals surface area contributed by atoms with Crippen LogP contribution in [0, 0.1) is 0 Å². The minimum absolute atomic E-state index is 0.101. The Morgan fingerprint density at radius 3 is 0.912 bits per heavy atom. The van der Waals surface area contributed by atoms with Crippen LogP contribution in [0.2, 0.25) is 0 Å². The maximum Gasteiger partial charge on any atom is 0.306 e. The Kier molecular flexibility index (Phi) is 51.5. The van der Waals surface area contributed by atoms with E-state index in [0.717, 1.165) is 148 Å². The van der Waals surface area contributed by atoms with Crippen molar-refractivity contribution in [1.82, 2.24) is 0 Å². The molecule has 0 N–H and O–H groups in total. The Hall–Kier alpha value is -4.45. The molecule has 6 nitrogen and oxygen atoms in total. The first-order valence-electron chi connectivity index (χ1n) is 27.2. The first-order chi connectivity index (χ1) is 33.5. The number of ether oxygens (including phenoxy) is 3. The van der Waals surface area contributed by atoms with Crippen molar-refractivity contribution in [2.75, 3.05) is 13.2 Å². The normalized spacial score (nSPS) is 13.2. The van der Waals surface area contributed by atoms with E-state index >= 15 is 0 Å². The molecule has 0 aliphatic carbocycles. The first kappa shape index (κ1) is 63.5. The molecule has 0 heterocycles. The van der Waals surface area contributed by atoms with Crippen LogP contribution < -0.4 is 0 Å². The van der Waals surface area contributed by atoms with Crippen LogP contribution in [0.5, 0.6) is 0 Å². The molecule has 0 spiro atoms. The zero-order valence-corrected chi connectivity index (χ0v) is 43.6. The monoisotopic (exact) mass is 939 g/mol. The van der Waals surface area contributed by atoms with Gasteiger partial charge in [-0.05, 0) is 116 Å². The van der Waals surface area contributed by atoms with Gasteiger partial charge in [0.15, 0.2) is 6.10 Å². The molecule has 1 atom stereocenters. The summed E-state index contributed by atoms with van der Waals surface area (Å²) in [7, 11) is 0. The van der Waals surface area contributed by atoms with Gasteiger partial charge in [-0.3, -0.25) is 14.4 Å². The summed E-state index contributed by atoms with van der Waals surface area (Å²) in [5.41, 5.74) is 0. The van der Waals surface area contributed by atoms with Gasteiger partial charge in [0.2, 0.25) is 0 Å². The molecule has 1 unspecified atom stereocenters. The zero-order valence-electron chi connectivity index (χ0n) is 43.6. The molecule has 0 bridgehead atoms. The van der Waals surface area contributed by atoms with E-state index in [4.69, 9.17) is 14.2 Å². The van der Waals surface area contributed by atoms with Crippen molar-refractivity contribution < 1.29 is 28.6 Å². The molecular formula is C62H98O6. The number of carbonyl (C=O) groups is 3. The van der Waals surface area contributed by atoms with Crippen LogP contribution in [0.3, 0.4) is 0 Å². The van der Waals surface area contributed by atoms with Gasteiger partial charge in [-0.1, -0.05) is 219 Å². The smallest absolute Gasteiger partial charge is 0.306 e. The lowest BCUT2D eigenvalue weighted by atomic mass is 10.1. The van der Waals surface area contributed by atoms with Crippen molar-refractivity contribution in [1.29, 1.82) is 0 Å². The van der Waals surface area contributed by atoms with E-state index in [9.17, 15) is 14.4 Å². The van der Waals surface area contributed by atoms with Crippen LogP contribution in [0.15, 0.2) is 134 Å². The Balaban J connectivity index is 4.30. The van der Waals surface area contributed by atoms with Crippen molar-refractivity contribution in [3.05, 3.63) is 134 Å². The average molecular weight is 939 g/mol. The predicted octanol–water partition coefficient (Wildman–Crippen LogP) is 18.3. The summed E-state index contributed by atoms with van der Waals surface area (Å²) in [6, 6.07) is 0. The fourth-order valence-corrected chi connectivity index (χ4v) is 6.88. The van der Waals surface area contributed by atoms with Crippen molar-refractivity contribution in [2.24, 2.45) is 0 Å². The highest BCUT2D eigenvalue weighted by Gasteiger charge is 2.19. The van der Waals surface area contributed by atoms with Gasteiger partial charge in [0.1, 0.15) is 13.2 Å². The minimum atomic E-state index is -0.803. The number of unbranched alkanes of at least 4 members (excludes halogenated alkanes) is 14. The molecular weight excluding hydrogens is 841 g/mol. The zero-order chi connectivity index (χ0) is 49.3. The van der Waals surface area contributed by atoms with Crippen LogP contribution in [0.4, 0.5) is 0 Å². The molecule has 0 aliphatic rings. The molecule has 0 amide bonds. The molecule has 0 radical (unpaired) electrons. The highest BCUT2D eigenvalue weighted by Crippen LogP contribution is 2.13. The van der Waals surface area contributed by atoms with E-state index in [1.807, 2.05) is 0 Å². The Labute approximate surface area is 417 Å². The van der Waals surface area contributed by atoms with Gasteiger partial charge in [0.05, 0.1) is 0 Å². The molecule has 0 fully saturated rings. The number of hydrogen-bond acceptors (Lipinski definition) is 6. The standard InChI is InChI=1S/C62H98O6/c1-4-7-10-13-16-18-20-22-24-26-28-29-30-31-32-33-35-36-38-40-42-44-46-49-52-55-61(64)67-58-59(57-66-60(63)54-51-48-15-12-9-6-3)68-62(65)56-53-50-47-45-43-41-39-37-34-27-25-23-21-19-17-14-11-8-5-2/h7-8,10-11,16-19,22-25,28-29,31-32,34-37,41,43,59H,4-6,9,12-15,20-21,26-27,30,33,38-40,42,44-58H2,1-3H3/b10-7-,11-8-,18-16-,19-17-,24-22-,25-23-,29-28-,32-31-,36-35-,37-34-,43-41-. The summed E-state index contributed by atoms with van der Waals surface area (Å²) in [4.78, 5) is 37.8. The van der Waals surface area contributed by atoms with Crippen LogP contribution in [-0.2, 0) is 28.6 Å². The first-order valence-corrected chi connectivity index (χ1v) is 27.2. The second-order valence-corrected chi connectivity index (χ2v) is 17.4. The third-order valence-electron chi connectivity index (χ3n) is 10.9. The fourth-order valence-electron chi connectivity index (χ4n) is 6.88.